The van der Waals surface area contributed by atoms with Crippen molar-refractivity contribution in [3.05, 3.63) is 48.0 Å². The lowest BCUT2D eigenvalue weighted by atomic mass is 10.00. The highest BCUT2D eigenvalue weighted by Gasteiger charge is 2.31. The molecule has 2 aromatic rings. The summed E-state index contributed by atoms with van der Waals surface area (Å²) in [6.07, 6.45) is 1.76. The van der Waals surface area contributed by atoms with E-state index in [1.54, 1.807) is 0 Å². The second-order valence-corrected chi connectivity index (χ2v) is 5.74. The van der Waals surface area contributed by atoms with Gasteiger partial charge in [-0.3, -0.25) is 9.59 Å². The van der Waals surface area contributed by atoms with Crippen LogP contribution in [0.25, 0.3) is 10.8 Å². The van der Waals surface area contributed by atoms with E-state index in [1.807, 2.05) is 49.4 Å². The number of rotatable bonds is 5. The number of hydrogen-bond acceptors (Lipinski definition) is 3. The van der Waals surface area contributed by atoms with Crippen LogP contribution in [-0.4, -0.2) is 18.5 Å². The first kappa shape index (κ1) is 14.6. The van der Waals surface area contributed by atoms with Crippen LogP contribution in [0.3, 0.4) is 0 Å². The van der Waals surface area contributed by atoms with Crippen LogP contribution in [0.5, 0.6) is 0 Å². The van der Waals surface area contributed by atoms with Crippen molar-refractivity contribution in [3.8, 4) is 0 Å². The molecule has 0 radical (unpaired) electrons. The van der Waals surface area contributed by atoms with Crippen LogP contribution >= 0.6 is 0 Å². The smallest absolute Gasteiger partial charge is 0.309 e. The molecule has 1 saturated carbocycles. The lowest BCUT2D eigenvalue weighted by Gasteiger charge is -2.16. The molecule has 0 saturated heterocycles. The first-order valence-corrected chi connectivity index (χ1v) is 7.59. The Hall–Kier alpha value is -2.36. The summed E-state index contributed by atoms with van der Waals surface area (Å²) in [5.74, 6) is -0.509. The van der Waals surface area contributed by atoms with E-state index >= 15 is 0 Å². The number of fused-ring (bicyclic) bond motifs is 1. The SMILES string of the molecule is C[C@@H](NC(=O)COC(=O)C1CC1)c1cccc2ccccc12. The van der Waals surface area contributed by atoms with Crippen molar-refractivity contribution < 1.29 is 14.3 Å². The molecule has 1 N–H and O–H groups in total. The third-order valence-corrected chi connectivity index (χ3v) is 3.92. The van der Waals surface area contributed by atoms with Crippen molar-refractivity contribution in [1.82, 2.24) is 5.32 Å². The van der Waals surface area contributed by atoms with Gasteiger partial charge in [-0.25, -0.2) is 0 Å². The summed E-state index contributed by atoms with van der Waals surface area (Å²) in [6, 6.07) is 14.0. The lowest BCUT2D eigenvalue weighted by molar-refractivity contribution is -0.149. The summed E-state index contributed by atoms with van der Waals surface area (Å²) in [7, 11) is 0. The molecule has 4 heteroatoms. The van der Waals surface area contributed by atoms with Crippen molar-refractivity contribution in [1.29, 1.82) is 0 Å². The molecular formula is C18H19NO3. The van der Waals surface area contributed by atoms with E-state index in [1.165, 1.54) is 0 Å². The minimum Gasteiger partial charge on any atom is -0.455 e. The van der Waals surface area contributed by atoms with E-state index < -0.39 is 0 Å². The van der Waals surface area contributed by atoms with Gasteiger partial charge in [-0.05, 0) is 36.1 Å². The number of carbonyl (C=O) groups is 2. The largest absolute Gasteiger partial charge is 0.455 e. The van der Waals surface area contributed by atoms with Gasteiger partial charge in [0.25, 0.3) is 5.91 Å². The van der Waals surface area contributed by atoms with Crippen LogP contribution in [0, 0.1) is 5.92 Å². The van der Waals surface area contributed by atoms with Crippen LogP contribution in [0.4, 0.5) is 0 Å². The average Bonchev–Trinajstić information content (AvgIpc) is 3.37. The van der Waals surface area contributed by atoms with Gasteiger partial charge in [0.15, 0.2) is 6.61 Å². The maximum Gasteiger partial charge on any atom is 0.309 e. The van der Waals surface area contributed by atoms with Crippen molar-refractivity contribution in [2.75, 3.05) is 6.61 Å². The number of nitrogens with one attached hydrogen (secondary N) is 1. The Kier molecular flexibility index (Phi) is 4.09. The van der Waals surface area contributed by atoms with E-state index in [0.717, 1.165) is 29.2 Å². The molecule has 0 spiro atoms. The number of amides is 1. The first-order chi connectivity index (χ1) is 10.6. The molecule has 1 atom stereocenters. The molecule has 1 amide bonds. The predicted molar refractivity (Wildman–Crippen MR) is 84.2 cm³/mol. The minimum absolute atomic E-state index is 0.0169. The van der Waals surface area contributed by atoms with Crippen LogP contribution in [-0.2, 0) is 14.3 Å². The summed E-state index contributed by atoms with van der Waals surface area (Å²) >= 11 is 0. The molecule has 22 heavy (non-hydrogen) atoms. The topological polar surface area (TPSA) is 55.4 Å². The minimum atomic E-state index is -0.269. The fourth-order valence-corrected chi connectivity index (χ4v) is 2.56. The molecule has 0 heterocycles. The Labute approximate surface area is 129 Å². The van der Waals surface area contributed by atoms with Gasteiger partial charge in [-0.1, -0.05) is 42.5 Å². The monoisotopic (exact) mass is 297 g/mol. The molecule has 1 aliphatic rings. The van der Waals surface area contributed by atoms with Gasteiger partial charge in [0.2, 0.25) is 0 Å². The normalized spacial score (nSPS) is 15.3. The Morgan fingerprint density at radius 2 is 1.91 bits per heavy atom. The van der Waals surface area contributed by atoms with Gasteiger partial charge in [-0.2, -0.15) is 0 Å². The van der Waals surface area contributed by atoms with E-state index in [4.69, 9.17) is 4.74 Å². The quantitative estimate of drug-likeness (QED) is 0.863. The molecule has 2 aromatic carbocycles. The Morgan fingerprint density at radius 3 is 2.68 bits per heavy atom. The van der Waals surface area contributed by atoms with Crippen LogP contribution in [0.2, 0.25) is 0 Å². The van der Waals surface area contributed by atoms with Crippen LogP contribution in [0.1, 0.15) is 31.4 Å². The third kappa shape index (κ3) is 3.27. The zero-order valence-electron chi connectivity index (χ0n) is 12.5. The summed E-state index contributed by atoms with van der Waals surface area (Å²) in [5, 5.41) is 5.15. The van der Waals surface area contributed by atoms with E-state index in [2.05, 4.69) is 5.32 Å². The maximum absolute atomic E-state index is 11.9. The lowest BCUT2D eigenvalue weighted by Crippen LogP contribution is -2.31. The van der Waals surface area contributed by atoms with Crippen molar-refractivity contribution in [2.45, 2.75) is 25.8 Å². The molecule has 4 nitrogen and oxygen atoms in total. The average molecular weight is 297 g/mol. The molecule has 1 aliphatic carbocycles. The highest BCUT2D eigenvalue weighted by atomic mass is 16.5. The fourth-order valence-electron chi connectivity index (χ4n) is 2.56. The highest BCUT2D eigenvalue weighted by molar-refractivity contribution is 5.87. The van der Waals surface area contributed by atoms with Gasteiger partial charge in [0, 0.05) is 0 Å². The van der Waals surface area contributed by atoms with Crippen molar-refractivity contribution in [2.24, 2.45) is 5.92 Å². The third-order valence-electron chi connectivity index (χ3n) is 3.92. The Morgan fingerprint density at radius 1 is 1.18 bits per heavy atom. The summed E-state index contributed by atoms with van der Waals surface area (Å²) < 4.78 is 5.00. The van der Waals surface area contributed by atoms with E-state index in [0.29, 0.717) is 0 Å². The molecule has 114 valence electrons. The zero-order valence-corrected chi connectivity index (χ0v) is 12.5. The summed E-state index contributed by atoms with van der Waals surface area (Å²) in [6.45, 7) is 1.73. The molecule has 3 rings (SSSR count). The Bertz CT molecular complexity index is 701. The summed E-state index contributed by atoms with van der Waals surface area (Å²) in [4.78, 5) is 23.4. The molecular weight excluding hydrogens is 278 g/mol. The number of ether oxygens (including phenoxy) is 1. The fraction of sp³-hybridized carbons (Fsp3) is 0.333. The number of carbonyl (C=O) groups excluding carboxylic acids is 2. The van der Waals surface area contributed by atoms with Crippen LogP contribution in [0.15, 0.2) is 42.5 Å². The van der Waals surface area contributed by atoms with Gasteiger partial charge >= 0.3 is 5.97 Å². The second-order valence-electron chi connectivity index (χ2n) is 5.74. The van der Waals surface area contributed by atoms with Crippen molar-refractivity contribution in [3.63, 3.8) is 0 Å². The van der Waals surface area contributed by atoms with Gasteiger partial charge in [-0.15, -0.1) is 0 Å². The molecule has 1 fully saturated rings. The van der Waals surface area contributed by atoms with Crippen molar-refractivity contribution >= 4 is 22.6 Å². The zero-order chi connectivity index (χ0) is 15.5. The predicted octanol–water partition coefficient (Wildman–Crippen LogP) is 2.97. The second kappa shape index (κ2) is 6.18. The van der Waals surface area contributed by atoms with Crippen LogP contribution < -0.4 is 5.32 Å². The Balaban J connectivity index is 1.63. The first-order valence-electron chi connectivity index (χ1n) is 7.59. The van der Waals surface area contributed by atoms with Gasteiger partial charge in [0.1, 0.15) is 0 Å². The molecule has 0 bridgehead atoms. The number of benzene rings is 2. The molecule has 0 unspecified atom stereocenters. The van der Waals surface area contributed by atoms with Gasteiger partial charge in [0.05, 0.1) is 12.0 Å². The molecule has 0 aromatic heterocycles. The molecule has 0 aliphatic heterocycles. The summed E-state index contributed by atoms with van der Waals surface area (Å²) in [5.41, 5.74) is 1.06. The standard InChI is InChI=1S/C18H19NO3/c1-12(19-17(20)11-22-18(21)14-9-10-14)15-8-4-6-13-5-2-3-7-16(13)15/h2-8,12,14H,9-11H2,1H3,(H,19,20)/t12-/m1/s1. The van der Waals surface area contributed by atoms with Gasteiger partial charge < -0.3 is 10.1 Å². The van der Waals surface area contributed by atoms with E-state index in [9.17, 15) is 9.59 Å². The van der Waals surface area contributed by atoms with E-state index in [-0.39, 0.29) is 30.4 Å². The maximum atomic E-state index is 11.9. The number of esters is 1. The highest BCUT2D eigenvalue weighted by Crippen LogP contribution is 2.30. The number of hydrogen-bond donors (Lipinski definition) is 1.